The van der Waals surface area contributed by atoms with E-state index >= 15 is 0 Å². The Kier molecular flexibility index (Phi) is 22.2. The number of hydrogen-bond acceptors (Lipinski definition) is 4. The average Bonchev–Trinajstić information content (AvgIpc) is 2.77. The molecule has 0 spiro atoms. The van der Waals surface area contributed by atoms with Crippen LogP contribution in [0.3, 0.4) is 0 Å². The number of amides is 1. The van der Waals surface area contributed by atoms with Gasteiger partial charge in [-0.2, -0.15) is 0 Å². The van der Waals surface area contributed by atoms with Crippen LogP contribution >= 0.6 is 0 Å². The van der Waals surface area contributed by atoms with E-state index in [4.69, 9.17) is 0 Å². The summed E-state index contributed by atoms with van der Waals surface area (Å²) < 4.78 is 0. The van der Waals surface area contributed by atoms with Crippen LogP contribution in [-0.2, 0) is 4.79 Å². The smallest absolute Gasteiger partial charge is 0.222 e. The molecule has 3 unspecified atom stereocenters. The zero-order valence-corrected chi connectivity index (χ0v) is 20.8. The molecular formula is C27H51NO4. The minimum Gasteiger partial charge on any atom is -0.394 e. The number of hydrogen-bond donors (Lipinski definition) is 4. The Morgan fingerprint density at radius 2 is 1.34 bits per heavy atom. The van der Waals surface area contributed by atoms with Gasteiger partial charge in [-0.15, -0.1) is 0 Å². The number of rotatable bonds is 22. The van der Waals surface area contributed by atoms with E-state index < -0.39 is 18.2 Å². The van der Waals surface area contributed by atoms with Crippen LogP contribution in [0.2, 0.25) is 0 Å². The van der Waals surface area contributed by atoms with E-state index in [1.54, 1.807) is 6.08 Å². The molecule has 1 amide bonds. The van der Waals surface area contributed by atoms with E-state index in [1.807, 2.05) is 6.08 Å². The van der Waals surface area contributed by atoms with Crippen molar-refractivity contribution < 1.29 is 20.1 Å². The molecule has 0 aliphatic heterocycles. The normalized spacial score (nSPS) is 14.8. The molecule has 0 heterocycles. The maximum absolute atomic E-state index is 12.2. The van der Waals surface area contributed by atoms with E-state index in [0.29, 0.717) is 6.42 Å². The number of aliphatic hydroxyl groups is 3. The van der Waals surface area contributed by atoms with Crippen LogP contribution < -0.4 is 5.32 Å². The summed E-state index contributed by atoms with van der Waals surface area (Å²) >= 11 is 0. The first-order valence-electron chi connectivity index (χ1n) is 13.1. The first-order chi connectivity index (χ1) is 15.5. The number of aliphatic hydroxyl groups excluding tert-OH is 3. The zero-order chi connectivity index (χ0) is 23.9. The molecule has 4 N–H and O–H groups in total. The second-order valence-corrected chi connectivity index (χ2v) is 8.94. The highest BCUT2D eigenvalue weighted by Crippen LogP contribution is 2.12. The van der Waals surface area contributed by atoms with Gasteiger partial charge in [-0.05, 0) is 32.1 Å². The van der Waals surface area contributed by atoms with Gasteiger partial charge in [0.25, 0.3) is 0 Å². The molecule has 0 aromatic carbocycles. The highest BCUT2D eigenvalue weighted by Gasteiger charge is 2.19. The molecule has 188 valence electrons. The highest BCUT2D eigenvalue weighted by atomic mass is 16.3. The fraction of sp³-hybridized carbons (Fsp3) is 0.815. The van der Waals surface area contributed by atoms with Crippen molar-refractivity contribution in [2.24, 2.45) is 0 Å². The molecule has 5 heteroatoms. The molecule has 32 heavy (non-hydrogen) atoms. The van der Waals surface area contributed by atoms with Crippen molar-refractivity contribution in [3.63, 3.8) is 0 Å². The third kappa shape index (κ3) is 19.5. The quantitative estimate of drug-likeness (QED) is 0.127. The summed E-state index contributed by atoms with van der Waals surface area (Å²) in [5.41, 5.74) is 0. The lowest BCUT2D eigenvalue weighted by Gasteiger charge is -2.21. The predicted octanol–water partition coefficient (Wildman–Crippen LogP) is 5.58. The molecular weight excluding hydrogens is 402 g/mol. The van der Waals surface area contributed by atoms with Crippen LogP contribution in [0.25, 0.3) is 0 Å². The third-order valence-corrected chi connectivity index (χ3v) is 5.74. The molecule has 0 aromatic heterocycles. The maximum Gasteiger partial charge on any atom is 0.222 e. The minimum atomic E-state index is -0.942. The summed E-state index contributed by atoms with van der Waals surface area (Å²) in [6, 6.07) is -0.751. The molecule has 0 saturated heterocycles. The molecule has 3 atom stereocenters. The standard InChI is InChI=1S/C27H51NO4/c1-3-5-7-9-11-13-15-17-19-21-26(31)25(23-29)28-27(32)22-24(30)20-18-16-14-12-10-8-6-4-2/h11,13,19,21,24-26,29-31H,3-10,12,14-18,20,22-23H2,1-2H3,(H,28,32)/b13-11+,21-19+. The highest BCUT2D eigenvalue weighted by molar-refractivity contribution is 5.76. The molecule has 0 aliphatic carbocycles. The van der Waals surface area contributed by atoms with E-state index in [0.717, 1.165) is 32.1 Å². The van der Waals surface area contributed by atoms with Gasteiger partial charge >= 0.3 is 0 Å². The maximum atomic E-state index is 12.2. The number of carbonyl (C=O) groups is 1. The summed E-state index contributed by atoms with van der Waals surface area (Å²) in [5, 5.41) is 32.5. The number of carbonyl (C=O) groups excluding carboxylic acids is 1. The molecule has 0 rings (SSSR count). The lowest BCUT2D eigenvalue weighted by Crippen LogP contribution is -2.45. The van der Waals surface area contributed by atoms with E-state index in [9.17, 15) is 20.1 Å². The van der Waals surface area contributed by atoms with Crippen molar-refractivity contribution in [2.45, 2.75) is 135 Å². The van der Waals surface area contributed by atoms with Crippen molar-refractivity contribution in [2.75, 3.05) is 6.61 Å². The Hall–Kier alpha value is -1.17. The summed E-state index contributed by atoms with van der Waals surface area (Å²) in [7, 11) is 0. The van der Waals surface area contributed by atoms with Crippen LogP contribution in [0.5, 0.6) is 0 Å². The Labute approximate surface area is 197 Å². The van der Waals surface area contributed by atoms with Crippen molar-refractivity contribution in [3.05, 3.63) is 24.3 Å². The largest absolute Gasteiger partial charge is 0.394 e. The Balaban J connectivity index is 3.96. The van der Waals surface area contributed by atoms with Crippen molar-refractivity contribution in [3.8, 4) is 0 Å². The van der Waals surface area contributed by atoms with Gasteiger partial charge in [0.05, 0.1) is 31.3 Å². The summed E-state index contributed by atoms with van der Waals surface area (Å²) in [6.45, 7) is 4.07. The van der Waals surface area contributed by atoms with Gasteiger partial charge in [-0.1, -0.05) is 102 Å². The lowest BCUT2D eigenvalue weighted by molar-refractivity contribution is -0.124. The Bertz CT molecular complexity index is 478. The Morgan fingerprint density at radius 1 is 0.781 bits per heavy atom. The van der Waals surface area contributed by atoms with Gasteiger partial charge < -0.3 is 20.6 Å². The average molecular weight is 454 g/mol. The molecule has 0 bridgehead atoms. The number of nitrogens with one attached hydrogen (secondary N) is 1. The summed E-state index contributed by atoms with van der Waals surface area (Å²) in [6.07, 6.45) is 23.0. The summed E-state index contributed by atoms with van der Waals surface area (Å²) in [5.74, 6) is -0.335. The molecule has 0 aliphatic rings. The second kappa shape index (κ2) is 23.0. The Morgan fingerprint density at radius 3 is 2.00 bits per heavy atom. The van der Waals surface area contributed by atoms with Crippen LogP contribution in [0.4, 0.5) is 0 Å². The van der Waals surface area contributed by atoms with Gasteiger partial charge in [0, 0.05) is 0 Å². The third-order valence-electron chi connectivity index (χ3n) is 5.74. The van der Waals surface area contributed by atoms with E-state index in [2.05, 4.69) is 31.3 Å². The number of unbranched alkanes of at least 4 members (excludes halogenated alkanes) is 11. The molecule has 0 saturated carbocycles. The fourth-order valence-corrected chi connectivity index (χ4v) is 3.64. The van der Waals surface area contributed by atoms with Crippen LogP contribution in [0.15, 0.2) is 24.3 Å². The van der Waals surface area contributed by atoms with Gasteiger partial charge in [0.15, 0.2) is 0 Å². The van der Waals surface area contributed by atoms with Crippen LogP contribution in [0, 0.1) is 0 Å². The van der Waals surface area contributed by atoms with E-state index in [1.165, 1.54) is 57.8 Å². The fourth-order valence-electron chi connectivity index (χ4n) is 3.64. The van der Waals surface area contributed by atoms with Crippen molar-refractivity contribution in [1.29, 1.82) is 0 Å². The van der Waals surface area contributed by atoms with Crippen molar-refractivity contribution >= 4 is 5.91 Å². The zero-order valence-electron chi connectivity index (χ0n) is 20.8. The lowest BCUT2D eigenvalue weighted by atomic mass is 10.0. The number of allylic oxidation sites excluding steroid dienone is 3. The first-order valence-corrected chi connectivity index (χ1v) is 13.1. The van der Waals surface area contributed by atoms with Gasteiger partial charge in [-0.25, -0.2) is 0 Å². The topological polar surface area (TPSA) is 89.8 Å². The second-order valence-electron chi connectivity index (χ2n) is 8.94. The minimum absolute atomic E-state index is 0.00621. The van der Waals surface area contributed by atoms with Crippen molar-refractivity contribution in [1.82, 2.24) is 5.32 Å². The van der Waals surface area contributed by atoms with Gasteiger partial charge in [0.1, 0.15) is 0 Å². The van der Waals surface area contributed by atoms with Gasteiger partial charge in [-0.3, -0.25) is 4.79 Å². The molecule has 5 nitrogen and oxygen atoms in total. The van der Waals surface area contributed by atoms with E-state index in [-0.39, 0.29) is 18.9 Å². The molecule has 0 aromatic rings. The summed E-state index contributed by atoms with van der Waals surface area (Å²) in [4.78, 5) is 12.2. The molecule has 0 fully saturated rings. The SMILES string of the molecule is CCCCC/C=C/CC/C=C/C(O)C(CO)NC(=O)CC(O)CCCCCCCCCC. The molecule has 0 radical (unpaired) electrons. The monoisotopic (exact) mass is 453 g/mol. The van der Waals surface area contributed by atoms with Gasteiger partial charge in [0.2, 0.25) is 5.91 Å². The predicted molar refractivity (Wildman–Crippen MR) is 135 cm³/mol. The van der Waals surface area contributed by atoms with Crippen LogP contribution in [-0.4, -0.2) is 46.1 Å². The van der Waals surface area contributed by atoms with Crippen LogP contribution in [0.1, 0.15) is 117 Å². The first kappa shape index (κ1) is 30.8.